The van der Waals surface area contributed by atoms with Crippen molar-refractivity contribution in [3.63, 3.8) is 0 Å². The molecular weight excluding hydrogens is 266 g/mol. The highest BCUT2D eigenvalue weighted by Gasteiger charge is 2.10. The molecule has 0 saturated heterocycles. The van der Waals surface area contributed by atoms with E-state index in [1.807, 2.05) is 24.4 Å². The van der Waals surface area contributed by atoms with Gasteiger partial charge in [-0.1, -0.05) is 0 Å². The van der Waals surface area contributed by atoms with Crippen LogP contribution in [0.5, 0.6) is 0 Å². The van der Waals surface area contributed by atoms with Crippen molar-refractivity contribution in [3.8, 4) is 5.69 Å². The summed E-state index contributed by atoms with van der Waals surface area (Å²) in [6, 6.07) is 12.5. The highest BCUT2D eigenvalue weighted by molar-refractivity contribution is 6.06. The minimum absolute atomic E-state index is 0.216. The first-order valence-corrected chi connectivity index (χ1v) is 6.36. The standard InChI is InChI=1S/C15H13N5O/c16-13-3-1-8-17-14(13)15(21)19-11-4-6-12(7-5-11)20-10-2-9-18-20/h1-10H,16H2,(H,19,21). The van der Waals surface area contributed by atoms with Gasteiger partial charge in [-0.2, -0.15) is 5.10 Å². The van der Waals surface area contributed by atoms with Gasteiger partial charge in [-0.3, -0.25) is 4.79 Å². The molecule has 0 aliphatic carbocycles. The van der Waals surface area contributed by atoms with E-state index in [0.717, 1.165) is 5.69 Å². The predicted molar refractivity (Wildman–Crippen MR) is 80.2 cm³/mol. The van der Waals surface area contributed by atoms with E-state index in [2.05, 4.69) is 15.4 Å². The lowest BCUT2D eigenvalue weighted by Gasteiger charge is -2.07. The van der Waals surface area contributed by atoms with E-state index in [-0.39, 0.29) is 11.6 Å². The maximum Gasteiger partial charge on any atom is 0.276 e. The Morgan fingerprint density at radius 2 is 1.90 bits per heavy atom. The number of nitrogens with one attached hydrogen (secondary N) is 1. The second-order valence-electron chi connectivity index (χ2n) is 4.39. The molecule has 2 heterocycles. The number of hydrogen-bond donors (Lipinski definition) is 2. The average Bonchev–Trinajstić information content (AvgIpc) is 3.02. The topological polar surface area (TPSA) is 85.8 Å². The van der Waals surface area contributed by atoms with Crippen molar-refractivity contribution in [2.75, 3.05) is 11.1 Å². The molecule has 1 amide bonds. The Morgan fingerprint density at radius 3 is 2.57 bits per heavy atom. The highest BCUT2D eigenvalue weighted by atomic mass is 16.1. The monoisotopic (exact) mass is 279 g/mol. The van der Waals surface area contributed by atoms with Crippen molar-refractivity contribution in [1.82, 2.24) is 14.8 Å². The average molecular weight is 279 g/mol. The first kappa shape index (κ1) is 12.9. The van der Waals surface area contributed by atoms with Crippen LogP contribution in [0.3, 0.4) is 0 Å². The van der Waals surface area contributed by atoms with Gasteiger partial charge in [0.15, 0.2) is 5.69 Å². The summed E-state index contributed by atoms with van der Waals surface area (Å²) in [5.74, 6) is -0.333. The molecule has 104 valence electrons. The van der Waals surface area contributed by atoms with Crippen LogP contribution in [0.2, 0.25) is 0 Å². The molecule has 0 radical (unpaired) electrons. The fourth-order valence-corrected chi connectivity index (χ4v) is 1.92. The fraction of sp³-hybridized carbons (Fsp3) is 0. The van der Waals surface area contributed by atoms with Crippen molar-refractivity contribution in [2.24, 2.45) is 0 Å². The van der Waals surface area contributed by atoms with E-state index in [1.54, 1.807) is 35.1 Å². The first-order chi connectivity index (χ1) is 10.2. The molecule has 0 spiro atoms. The van der Waals surface area contributed by atoms with Crippen LogP contribution in [0.15, 0.2) is 61.1 Å². The molecule has 6 heteroatoms. The molecule has 0 unspecified atom stereocenters. The zero-order chi connectivity index (χ0) is 14.7. The molecule has 2 aromatic heterocycles. The summed E-state index contributed by atoms with van der Waals surface area (Å²) in [6.45, 7) is 0. The van der Waals surface area contributed by atoms with Crippen LogP contribution >= 0.6 is 0 Å². The minimum atomic E-state index is -0.333. The van der Waals surface area contributed by atoms with Crippen molar-refractivity contribution in [2.45, 2.75) is 0 Å². The van der Waals surface area contributed by atoms with Crippen molar-refractivity contribution in [3.05, 3.63) is 66.7 Å². The second-order valence-corrected chi connectivity index (χ2v) is 4.39. The third-order valence-corrected chi connectivity index (χ3v) is 2.95. The normalized spacial score (nSPS) is 10.3. The van der Waals surface area contributed by atoms with Gasteiger partial charge in [0.05, 0.1) is 11.4 Å². The van der Waals surface area contributed by atoms with Crippen LogP contribution < -0.4 is 11.1 Å². The zero-order valence-corrected chi connectivity index (χ0v) is 11.1. The third-order valence-electron chi connectivity index (χ3n) is 2.95. The number of amides is 1. The van der Waals surface area contributed by atoms with Crippen molar-refractivity contribution in [1.29, 1.82) is 0 Å². The number of nitrogens with zero attached hydrogens (tertiary/aromatic N) is 3. The van der Waals surface area contributed by atoms with E-state index in [0.29, 0.717) is 11.4 Å². The van der Waals surface area contributed by atoms with Gasteiger partial charge >= 0.3 is 0 Å². The molecule has 0 bridgehead atoms. The highest BCUT2D eigenvalue weighted by Crippen LogP contribution is 2.15. The van der Waals surface area contributed by atoms with E-state index in [9.17, 15) is 4.79 Å². The van der Waals surface area contributed by atoms with Crippen LogP contribution in [0.1, 0.15) is 10.5 Å². The third kappa shape index (κ3) is 2.74. The van der Waals surface area contributed by atoms with Crippen LogP contribution in [0.4, 0.5) is 11.4 Å². The Morgan fingerprint density at radius 1 is 1.10 bits per heavy atom. The first-order valence-electron chi connectivity index (χ1n) is 6.36. The summed E-state index contributed by atoms with van der Waals surface area (Å²) in [5.41, 5.74) is 7.87. The lowest BCUT2D eigenvalue weighted by atomic mass is 10.2. The number of benzene rings is 1. The molecule has 3 aromatic rings. The predicted octanol–water partition coefficient (Wildman–Crippen LogP) is 2.10. The molecule has 0 fully saturated rings. The van der Waals surface area contributed by atoms with Gasteiger partial charge in [0.2, 0.25) is 0 Å². The Bertz CT molecular complexity index is 750. The van der Waals surface area contributed by atoms with E-state index in [4.69, 9.17) is 5.73 Å². The summed E-state index contributed by atoms with van der Waals surface area (Å²) >= 11 is 0. The van der Waals surface area contributed by atoms with E-state index >= 15 is 0 Å². The second kappa shape index (κ2) is 5.46. The van der Waals surface area contributed by atoms with E-state index < -0.39 is 0 Å². The molecular formula is C15H13N5O. The molecule has 1 aromatic carbocycles. The summed E-state index contributed by atoms with van der Waals surface area (Å²) in [5, 5.41) is 6.90. The smallest absolute Gasteiger partial charge is 0.276 e. The number of carbonyl (C=O) groups excluding carboxylic acids is 1. The van der Waals surface area contributed by atoms with Gasteiger partial charge in [-0.05, 0) is 42.5 Å². The number of nitrogens with two attached hydrogens (primary N) is 1. The molecule has 3 rings (SSSR count). The fourth-order valence-electron chi connectivity index (χ4n) is 1.92. The number of carbonyl (C=O) groups is 1. The largest absolute Gasteiger partial charge is 0.397 e. The van der Waals surface area contributed by atoms with E-state index in [1.165, 1.54) is 6.20 Å². The lowest BCUT2D eigenvalue weighted by Crippen LogP contribution is -2.15. The lowest BCUT2D eigenvalue weighted by molar-refractivity contribution is 0.102. The number of rotatable bonds is 3. The molecule has 0 saturated carbocycles. The van der Waals surface area contributed by atoms with Crippen molar-refractivity contribution < 1.29 is 4.79 Å². The Labute approximate surface area is 121 Å². The molecule has 6 nitrogen and oxygen atoms in total. The van der Waals surface area contributed by atoms with Gasteiger partial charge < -0.3 is 11.1 Å². The summed E-state index contributed by atoms with van der Waals surface area (Å²) in [4.78, 5) is 16.1. The maximum atomic E-state index is 12.1. The Balaban J connectivity index is 1.77. The number of nitrogen functional groups attached to an aromatic ring is 1. The SMILES string of the molecule is Nc1cccnc1C(=O)Nc1ccc(-n2cccn2)cc1. The van der Waals surface area contributed by atoms with Crippen molar-refractivity contribution >= 4 is 17.3 Å². The molecule has 21 heavy (non-hydrogen) atoms. The van der Waals surface area contributed by atoms with Gasteiger partial charge in [-0.25, -0.2) is 9.67 Å². The van der Waals surface area contributed by atoms with Gasteiger partial charge in [0.1, 0.15) is 0 Å². The molecule has 0 aliphatic rings. The van der Waals surface area contributed by atoms with Crippen LogP contribution in [0, 0.1) is 0 Å². The number of hydrogen-bond acceptors (Lipinski definition) is 4. The van der Waals surface area contributed by atoms with Crippen LogP contribution in [0.25, 0.3) is 5.69 Å². The van der Waals surface area contributed by atoms with Crippen LogP contribution in [-0.2, 0) is 0 Å². The Hall–Kier alpha value is -3.15. The van der Waals surface area contributed by atoms with Gasteiger partial charge in [0, 0.05) is 24.3 Å². The molecule has 0 aliphatic heterocycles. The summed E-state index contributed by atoms with van der Waals surface area (Å²) in [6.07, 6.45) is 5.09. The van der Waals surface area contributed by atoms with Gasteiger partial charge in [0.25, 0.3) is 5.91 Å². The number of anilines is 2. The zero-order valence-electron chi connectivity index (χ0n) is 11.1. The minimum Gasteiger partial charge on any atom is -0.397 e. The number of aromatic nitrogens is 3. The summed E-state index contributed by atoms with van der Waals surface area (Å²) in [7, 11) is 0. The molecule has 0 atom stereocenters. The van der Waals surface area contributed by atoms with Gasteiger partial charge in [-0.15, -0.1) is 0 Å². The number of pyridine rings is 1. The van der Waals surface area contributed by atoms with Crippen LogP contribution in [-0.4, -0.2) is 20.7 Å². The Kier molecular flexibility index (Phi) is 3.34. The quantitative estimate of drug-likeness (QED) is 0.768. The molecule has 3 N–H and O–H groups in total. The summed E-state index contributed by atoms with van der Waals surface area (Å²) < 4.78 is 1.74. The maximum absolute atomic E-state index is 12.1.